The Bertz CT molecular complexity index is 434. The van der Waals surface area contributed by atoms with E-state index in [1.807, 2.05) is 0 Å². The monoisotopic (exact) mass is 235 g/mol. The first-order chi connectivity index (χ1) is 8.11. The normalized spacial score (nSPS) is 19.6. The summed E-state index contributed by atoms with van der Waals surface area (Å²) in [5.41, 5.74) is 7.39. The Morgan fingerprint density at radius 1 is 1.71 bits per heavy atom. The lowest BCUT2D eigenvalue weighted by atomic mass is 10.1. The van der Waals surface area contributed by atoms with Crippen molar-refractivity contribution in [1.29, 1.82) is 0 Å². The Balaban J connectivity index is 2.17. The minimum Gasteiger partial charge on any atom is -0.397 e. The topological polar surface area (TPSA) is 79.5 Å². The molecule has 5 nitrogen and oxygen atoms in total. The van der Waals surface area contributed by atoms with Crippen LogP contribution in [0.4, 0.5) is 5.69 Å². The zero-order valence-electron chi connectivity index (χ0n) is 9.89. The second kappa shape index (κ2) is 4.71. The summed E-state index contributed by atoms with van der Waals surface area (Å²) in [6.07, 6.45) is 2.41. The molecule has 0 radical (unpaired) electrons. The molecule has 5 heteroatoms. The second-order valence-corrected chi connectivity index (χ2v) is 4.49. The van der Waals surface area contributed by atoms with Crippen molar-refractivity contribution in [2.24, 2.45) is 5.92 Å². The number of carbonyl (C=O) groups is 1. The van der Waals surface area contributed by atoms with Gasteiger partial charge in [-0.1, -0.05) is 0 Å². The molecular weight excluding hydrogens is 218 g/mol. The Morgan fingerprint density at radius 2 is 2.47 bits per heavy atom. The van der Waals surface area contributed by atoms with Crippen molar-refractivity contribution >= 4 is 11.6 Å². The Morgan fingerprint density at radius 3 is 3.12 bits per heavy atom. The molecule has 0 aliphatic carbocycles. The smallest absolute Gasteiger partial charge is 0.255 e. The van der Waals surface area contributed by atoms with Crippen LogP contribution in [0.2, 0.25) is 0 Å². The molecule has 1 aromatic rings. The van der Waals surface area contributed by atoms with Gasteiger partial charge >= 0.3 is 0 Å². The molecule has 1 aromatic heterocycles. The zero-order chi connectivity index (χ0) is 12.4. The number of rotatable bonds is 2. The molecule has 1 saturated heterocycles. The number of anilines is 1. The third kappa shape index (κ3) is 2.39. The number of aryl methyl sites for hydroxylation is 1. The quantitative estimate of drug-likeness (QED) is 0.779. The maximum absolute atomic E-state index is 12.2. The van der Waals surface area contributed by atoms with Crippen molar-refractivity contribution < 1.29 is 9.90 Å². The van der Waals surface area contributed by atoms with Gasteiger partial charge in [-0.25, -0.2) is 0 Å². The van der Waals surface area contributed by atoms with Gasteiger partial charge < -0.3 is 15.7 Å². The van der Waals surface area contributed by atoms with Gasteiger partial charge in [-0.3, -0.25) is 9.78 Å². The summed E-state index contributed by atoms with van der Waals surface area (Å²) in [5.74, 6) is 0.159. The molecule has 2 heterocycles. The minimum absolute atomic E-state index is 0.0433. The first-order valence-electron chi connectivity index (χ1n) is 5.74. The third-order valence-corrected chi connectivity index (χ3v) is 3.17. The highest BCUT2D eigenvalue weighted by Crippen LogP contribution is 2.20. The van der Waals surface area contributed by atoms with Gasteiger partial charge in [-0.15, -0.1) is 0 Å². The lowest BCUT2D eigenvalue weighted by Gasteiger charge is -2.17. The predicted octanol–water partition coefficient (Wildman–Crippen LogP) is 0.427. The van der Waals surface area contributed by atoms with Gasteiger partial charge in [-0.05, 0) is 19.4 Å². The molecule has 0 spiro atoms. The molecule has 1 atom stereocenters. The van der Waals surface area contributed by atoms with Crippen molar-refractivity contribution in [3.63, 3.8) is 0 Å². The van der Waals surface area contributed by atoms with Crippen molar-refractivity contribution in [1.82, 2.24) is 9.88 Å². The highest BCUT2D eigenvalue weighted by Gasteiger charge is 2.27. The molecule has 0 bridgehead atoms. The number of carbonyl (C=O) groups excluding carboxylic acids is 1. The fourth-order valence-electron chi connectivity index (χ4n) is 2.10. The fraction of sp³-hybridized carbons (Fsp3) is 0.500. The van der Waals surface area contributed by atoms with E-state index in [2.05, 4.69) is 4.98 Å². The molecular formula is C12H17N3O2. The SMILES string of the molecule is Cc1ncc(N)cc1C(=O)N1CCC(CO)C1. The van der Waals surface area contributed by atoms with Crippen molar-refractivity contribution in [2.75, 3.05) is 25.4 Å². The average molecular weight is 235 g/mol. The summed E-state index contributed by atoms with van der Waals surface area (Å²) in [6, 6.07) is 1.66. The number of amides is 1. The van der Waals surface area contributed by atoms with E-state index < -0.39 is 0 Å². The Labute approximate surface area is 100 Å². The van der Waals surface area contributed by atoms with E-state index in [0.29, 0.717) is 30.0 Å². The number of nitrogens with two attached hydrogens (primary N) is 1. The highest BCUT2D eigenvalue weighted by atomic mass is 16.3. The van der Waals surface area contributed by atoms with Crippen LogP contribution in [0.25, 0.3) is 0 Å². The van der Waals surface area contributed by atoms with Gasteiger partial charge in [0.05, 0.1) is 23.1 Å². The highest BCUT2D eigenvalue weighted by molar-refractivity contribution is 5.96. The number of aliphatic hydroxyl groups excluding tert-OH is 1. The largest absolute Gasteiger partial charge is 0.397 e. The molecule has 0 aromatic carbocycles. The predicted molar refractivity (Wildman–Crippen MR) is 64.5 cm³/mol. The number of hydrogen-bond acceptors (Lipinski definition) is 4. The minimum atomic E-state index is -0.0433. The van der Waals surface area contributed by atoms with Gasteiger partial charge in [-0.2, -0.15) is 0 Å². The molecule has 1 aliphatic heterocycles. The maximum Gasteiger partial charge on any atom is 0.255 e. The summed E-state index contributed by atoms with van der Waals surface area (Å²) < 4.78 is 0. The molecule has 1 unspecified atom stereocenters. The van der Waals surface area contributed by atoms with Gasteiger partial charge in [0.15, 0.2) is 0 Å². The van der Waals surface area contributed by atoms with E-state index in [9.17, 15) is 4.79 Å². The number of hydrogen-bond donors (Lipinski definition) is 2. The summed E-state index contributed by atoms with van der Waals surface area (Å²) >= 11 is 0. The van der Waals surface area contributed by atoms with Gasteiger partial charge in [0, 0.05) is 25.6 Å². The van der Waals surface area contributed by atoms with E-state index in [1.54, 1.807) is 24.1 Å². The van der Waals surface area contributed by atoms with E-state index in [0.717, 1.165) is 6.42 Å². The van der Waals surface area contributed by atoms with Crippen LogP contribution in [0.15, 0.2) is 12.3 Å². The van der Waals surface area contributed by atoms with Crippen LogP contribution >= 0.6 is 0 Å². The van der Waals surface area contributed by atoms with Crippen LogP contribution in [-0.2, 0) is 0 Å². The van der Waals surface area contributed by atoms with Crippen LogP contribution in [0.3, 0.4) is 0 Å². The zero-order valence-corrected chi connectivity index (χ0v) is 9.89. The third-order valence-electron chi connectivity index (χ3n) is 3.17. The summed E-state index contributed by atoms with van der Waals surface area (Å²) in [4.78, 5) is 18.1. The maximum atomic E-state index is 12.2. The van der Waals surface area contributed by atoms with E-state index >= 15 is 0 Å². The van der Waals surface area contributed by atoms with E-state index in [1.165, 1.54) is 0 Å². The summed E-state index contributed by atoms with van der Waals surface area (Å²) in [5, 5.41) is 9.06. The average Bonchev–Trinajstić information content (AvgIpc) is 2.80. The van der Waals surface area contributed by atoms with E-state index in [4.69, 9.17) is 10.8 Å². The Kier molecular flexibility index (Phi) is 3.28. The molecule has 92 valence electrons. The standard InChI is InChI=1S/C12H17N3O2/c1-8-11(4-10(13)5-14-8)12(17)15-3-2-9(6-15)7-16/h4-5,9,16H,2-3,6-7,13H2,1H3. The first-order valence-corrected chi connectivity index (χ1v) is 5.74. The van der Waals surface area contributed by atoms with Crippen LogP contribution in [0.5, 0.6) is 0 Å². The molecule has 1 amide bonds. The van der Waals surface area contributed by atoms with Gasteiger partial charge in [0.2, 0.25) is 0 Å². The number of aliphatic hydroxyl groups is 1. The summed E-state index contributed by atoms with van der Waals surface area (Å²) in [7, 11) is 0. The number of likely N-dealkylation sites (tertiary alicyclic amines) is 1. The van der Waals surface area contributed by atoms with Crippen LogP contribution < -0.4 is 5.73 Å². The fourth-order valence-corrected chi connectivity index (χ4v) is 2.10. The van der Waals surface area contributed by atoms with Gasteiger partial charge in [0.1, 0.15) is 0 Å². The lowest BCUT2D eigenvalue weighted by Crippen LogP contribution is -2.30. The number of nitrogens with zero attached hydrogens (tertiary/aromatic N) is 2. The molecule has 0 saturated carbocycles. The number of pyridine rings is 1. The van der Waals surface area contributed by atoms with Gasteiger partial charge in [0.25, 0.3) is 5.91 Å². The molecule has 17 heavy (non-hydrogen) atoms. The van der Waals surface area contributed by atoms with Crippen molar-refractivity contribution in [2.45, 2.75) is 13.3 Å². The second-order valence-electron chi connectivity index (χ2n) is 4.49. The summed E-state index contributed by atoms with van der Waals surface area (Å²) in [6.45, 7) is 3.24. The number of nitrogen functional groups attached to an aromatic ring is 1. The molecule has 1 aliphatic rings. The lowest BCUT2D eigenvalue weighted by molar-refractivity contribution is 0.0780. The van der Waals surface area contributed by atoms with E-state index in [-0.39, 0.29) is 18.4 Å². The van der Waals surface area contributed by atoms with Crippen LogP contribution in [0.1, 0.15) is 22.5 Å². The van der Waals surface area contributed by atoms with Crippen LogP contribution in [-0.4, -0.2) is 40.6 Å². The Hall–Kier alpha value is -1.62. The molecule has 3 N–H and O–H groups in total. The van der Waals surface area contributed by atoms with Crippen LogP contribution in [0, 0.1) is 12.8 Å². The first kappa shape index (κ1) is 11.9. The van der Waals surface area contributed by atoms with Crippen molar-refractivity contribution in [3.05, 3.63) is 23.5 Å². The molecule has 1 fully saturated rings. The molecule has 2 rings (SSSR count). The number of aromatic nitrogens is 1. The van der Waals surface area contributed by atoms with Crippen molar-refractivity contribution in [3.8, 4) is 0 Å².